The largest absolute Gasteiger partial charge is 0.493 e. The van der Waals surface area contributed by atoms with E-state index in [1.807, 2.05) is 60.7 Å². The van der Waals surface area contributed by atoms with Crippen LogP contribution in [-0.2, 0) is 17.0 Å². The molecule has 1 fully saturated rings. The van der Waals surface area contributed by atoms with Crippen molar-refractivity contribution >= 4 is 44.1 Å². The van der Waals surface area contributed by atoms with Crippen LogP contribution in [0.1, 0.15) is 30.9 Å². The molecule has 42 heavy (non-hydrogen) atoms. The van der Waals surface area contributed by atoms with Crippen LogP contribution in [0.5, 0.6) is 23.0 Å². The Bertz CT molecular complexity index is 1790. The van der Waals surface area contributed by atoms with Crippen LogP contribution in [0, 0.1) is 0 Å². The molecule has 1 aliphatic heterocycles. The number of aryl methyl sites for hydroxylation is 1. The average molecular weight is 586 g/mol. The first-order valence-electron chi connectivity index (χ1n) is 13.7. The fourth-order valence-corrected chi connectivity index (χ4v) is 5.59. The molecule has 2 heterocycles. The molecule has 1 atom stereocenters. The van der Waals surface area contributed by atoms with E-state index < -0.39 is 16.1 Å². The molecule has 1 N–H and O–H groups in total. The van der Waals surface area contributed by atoms with Gasteiger partial charge in [0.25, 0.3) is 16.1 Å². The predicted octanol–water partition coefficient (Wildman–Crippen LogP) is 8.28. The number of nitrogens with one attached hydrogen (secondary N) is 1. The Balaban J connectivity index is 1.06. The third kappa shape index (κ3) is 5.65. The van der Waals surface area contributed by atoms with Crippen molar-refractivity contribution in [1.29, 1.82) is 0 Å². The highest BCUT2D eigenvalue weighted by Gasteiger charge is 2.49. The number of benzene rings is 4. The van der Waals surface area contributed by atoms with Crippen molar-refractivity contribution in [1.82, 2.24) is 5.32 Å². The van der Waals surface area contributed by atoms with Gasteiger partial charge in [-0.3, -0.25) is 9.59 Å². The molecule has 6 rings (SSSR count). The van der Waals surface area contributed by atoms with Crippen molar-refractivity contribution in [3.8, 4) is 23.0 Å². The molecule has 214 valence electrons. The number of thioether (sulfide) groups is 1. The summed E-state index contributed by atoms with van der Waals surface area (Å²) in [6, 6.07) is 25.7. The fraction of sp³-hybridized carbons (Fsp3) is 0.212. The van der Waals surface area contributed by atoms with E-state index in [0.717, 1.165) is 57.6 Å². The summed E-state index contributed by atoms with van der Waals surface area (Å²) < 4.78 is 39.0. The van der Waals surface area contributed by atoms with Gasteiger partial charge in [-0.15, -0.1) is 0 Å². The first kappa shape index (κ1) is 27.7. The molecule has 1 amide bonds. The minimum Gasteiger partial charge on any atom is -0.493 e. The maximum absolute atomic E-state index is 15.1. The molecule has 0 bridgehead atoms. The van der Waals surface area contributed by atoms with Crippen LogP contribution in [0.2, 0.25) is 0 Å². The third-order valence-electron chi connectivity index (χ3n) is 6.92. The molecule has 0 aliphatic carbocycles. The quantitative estimate of drug-likeness (QED) is 0.123. The Morgan fingerprint density at radius 3 is 2.45 bits per heavy atom. The molecule has 1 aromatic heterocycles. The molecule has 0 radical (unpaired) electrons. The number of furan rings is 1. The van der Waals surface area contributed by atoms with Crippen LogP contribution in [0.4, 0.5) is 9.18 Å². The number of hydrogen-bond donors (Lipinski definition) is 1. The van der Waals surface area contributed by atoms with Gasteiger partial charge in [-0.05, 0) is 66.6 Å². The van der Waals surface area contributed by atoms with Gasteiger partial charge in [-0.2, -0.15) is 0 Å². The van der Waals surface area contributed by atoms with E-state index in [9.17, 15) is 9.59 Å². The lowest BCUT2D eigenvalue weighted by Gasteiger charge is -2.18. The first-order valence-corrected chi connectivity index (χ1v) is 14.6. The lowest BCUT2D eigenvalue weighted by Crippen LogP contribution is -2.38. The van der Waals surface area contributed by atoms with Crippen LogP contribution in [-0.4, -0.2) is 23.6 Å². The molecule has 1 aliphatic rings. The number of rotatable bonds is 11. The normalized spacial score (nSPS) is 16.6. The molecule has 0 saturated carbocycles. The third-order valence-corrected chi connectivity index (χ3v) is 7.68. The number of fused-ring (bicyclic) bond motifs is 3. The second kappa shape index (κ2) is 11.8. The van der Waals surface area contributed by atoms with E-state index in [4.69, 9.17) is 18.6 Å². The molecule has 1 saturated heterocycles. The van der Waals surface area contributed by atoms with E-state index in [1.165, 1.54) is 12.1 Å². The molecule has 4 aromatic carbocycles. The van der Waals surface area contributed by atoms with Gasteiger partial charge in [0, 0.05) is 34.5 Å². The monoisotopic (exact) mass is 585 g/mol. The van der Waals surface area contributed by atoms with Gasteiger partial charge in [0.05, 0.1) is 13.2 Å². The Morgan fingerprint density at radius 2 is 1.62 bits per heavy atom. The van der Waals surface area contributed by atoms with Crippen LogP contribution in [0.3, 0.4) is 0 Å². The molecule has 7 nitrogen and oxygen atoms in total. The van der Waals surface area contributed by atoms with Crippen molar-refractivity contribution in [2.45, 2.75) is 32.0 Å². The molecule has 5 aromatic rings. The molecular weight excluding hydrogens is 557 g/mol. The lowest BCUT2D eigenvalue weighted by atomic mass is 10.1. The summed E-state index contributed by atoms with van der Waals surface area (Å²) in [5, 5.41) is 2.54. The Morgan fingerprint density at radius 1 is 0.833 bits per heavy atom. The standard InChI is InChI=1S/C33H28FNO6S/c1-2-7-21-18-24(40-25-13-15-30-27(20-25)26-10-3-4-11-29(26)41-30)12-14-28(21)39-17-6-16-38-23-9-5-8-22(19-23)33(34)31(36)42-32(37)35-33/h3-5,8-15,18-20H,2,6-7,16-17H2,1H3,(H,35,37). The highest BCUT2D eigenvalue weighted by Crippen LogP contribution is 2.37. The number of para-hydroxylation sites is 1. The highest BCUT2D eigenvalue weighted by molar-refractivity contribution is 8.26. The van der Waals surface area contributed by atoms with Crippen molar-refractivity contribution in [2.75, 3.05) is 13.2 Å². The van der Waals surface area contributed by atoms with Crippen molar-refractivity contribution in [3.63, 3.8) is 0 Å². The Labute approximate surface area is 245 Å². The van der Waals surface area contributed by atoms with Crippen molar-refractivity contribution in [2.24, 2.45) is 0 Å². The summed E-state index contributed by atoms with van der Waals surface area (Å²) in [5.74, 6) is 0.0922. The lowest BCUT2D eigenvalue weighted by molar-refractivity contribution is -0.122. The summed E-state index contributed by atoms with van der Waals surface area (Å²) in [6.07, 6.45) is 2.36. The molecule has 9 heteroatoms. The van der Waals surface area contributed by atoms with E-state index in [0.29, 0.717) is 37.1 Å². The van der Waals surface area contributed by atoms with Crippen LogP contribution in [0.25, 0.3) is 21.9 Å². The van der Waals surface area contributed by atoms with Crippen molar-refractivity contribution < 1.29 is 32.6 Å². The highest BCUT2D eigenvalue weighted by atomic mass is 32.2. The summed E-state index contributed by atoms with van der Waals surface area (Å²) in [4.78, 5) is 23.4. The van der Waals surface area contributed by atoms with Crippen LogP contribution < -0.4 is 19.5 Å². The van der Waals surface area contributed by atoms with Gasteiger partial charge in [0.2, 0.25) is 0 Å². The zero-order valence-corrected chi connectivity index (χ0v) is 23.7. The van der Waals surface area contributed by atoms with E-state index >= 15 is 4.39 Å². The second-order valence-corrected chi connectivity index (χ2v) is 10.9. The van der Waals surface area contributed by atoms with E-state index in [2.05, 4.69) is 12.2 Å². The Kier molecular flexibility index (Phi) is 7.75. The number of amides is 1. The Hall–Kier alpha value is -4.50. The first-order chi connectivity index (χ1) is 20.4. The van der Waals surface area contributed by atoms with Gasteiger partial charge in [0.15, 0.2) is 0 Å². The number of halogens is 1. The van der Waals surface area contributed by atoms with E-state index in [1.54, 1.807) is 12.1 Å². The topological polar surface area (TPSA) is 87.0 Å². The minimum absolute atomic E-state index is 0.0316. The summed E-state index contributed by atoms with van der Waals surface area (Å²) in [5.41, 5.74) is 2.74. The predicted molar refractivity (Wildman–Crippen MR) is 160 cm³/mol. The fourth-order valence-electron chi connectivity index (χ4n) is 4.92. The summed E-state index contributed by atoms with van der Waals surface area (Å²) >= 11 is 0.324. The van der Waals surface area contributed by atoms with Gasteiger partial charge < -0.3 is 23.9 Å². The van der Waals surface area contributed by atoms with Crippen molar-refractivity contribution in [3.05, 3.63) is 96.1 Å². The maximum atomic E-state index is 15.1. The zero-order valence-electron chi connectivity index (χ0n) is 22.9. The second-order valence-electron chi connectivity index (χ2n) is 9.92. The number of alkyl halides is 1. The number of carbonyl (C=O) groups excluding carboxylic acids is 2. The number of ether oxygens (including phenoxy) is 3. The SMILES string of the molecule is CCCc1cc(Oc2ccc3oc4ccccc4c3c2)ccc1OCCCOc1cccc(C2(F)NC(=O)SC2=O)c1. The van der Waals surface area contributed by atoms with Gasteiger partial charge >= 0.3 is 0 Å². The average Bonchev–Trinajstić information content (AvgIpc) is 3.49. The van der Waals surface area contributed by atoms with E-state index in [-0.39, 0.29) is 5.56 Å². The maximum Gasteiger partial charge on any atom is 0.289 e. The van der Waals surface area contributed by atoms with Crippen LogP contribution in [0.15, 0.2) is 89.3 Å². The smallest absolute Gasteiger partial charge is 0.289 e. The van der Waals surface area contributed by atoms with Crippen LogP contribution >= 0.6 is 11.8 Å². The molecule has 0 spiro atoms. The zero-order chi connectivity index (χ0) is 29.1. The minimum atomic E-state index is -2.55. The summed E-state index contributed by atoms with van der Waals surface area (Å²) in [6.45, 7) is 2.86. The number of carbonyl (C=O) groups is 2. The van der Waals surface area contributed by atoms with Gasteiger partial charge in [0.1, 0.15) is 34.2 Å². The van der Waals surface area contributed by atoms with Gasteiger partial charge in [-0.1, -0.05) is 43.7 Å². The van der Waals surface area contributed by atoms with Gasteiger partial charge in [-0.25, -0.2) is 4.39 Å². The summed E-state index contributed by atoms with van der Waals surface area (Å²) in [7, 11) is 0. The molecular formula is C33H28FNO6S. The molecule has 1 unspecified atom stereocenters. The number of hydrogen-bond acceptors (Lipinski definition) is 7.